The molecule has 2 N–H and O–H groups in total. The Morgan fingerprint density at radius 1 is 1.05 bits per heavy atom. The maximum Gasteiger partial charge on any atom is 0.282 e. The summed E-state index contributed by atoms with van der Waals surface area (Å²) < 4.78 is 29.2. The fraction of sp³-hybridized carbons (Fsp3) is 1.00. The van der Waals surface area contributed by atoms with E-state index in [-0.39, 0.29) is 24.5 Å². The molecule has 0 radical (unpaired) electrons. The molecule has 0 amide bonds. The van der Waals surface area contributed by atoms with Crippen molar-refractivity contribution in [1.29, 1.82) is 0 Å². The van der Waals surface area contributed by atoms with Crippen LogP contribution in [0.4, 0.5) is 0 Å². The van der Waals surface area contributed by atoms with Crippen LogP contribution < -0.4 is 5.73 Å². The molecule has 0 bridgehead atoms. The number of nitrogens with zero attached hydrogens (tertiary/aromatic N) is 2. The largest absolute Gasteiger partial charge is 0.327 e. The molecule has 0 aromatic rings. The van der Waals surface area contributed by atoms with E-state index in [1.807, 2.05) is 6.92 Å². The van der Waals surface area contributed by atoms with Crippen LogP contribution in [-0.4, -0.2) is 48.7 Å². The molecule has 124 valence electrons. The fourth-order valence-electron chi connectivity index (χ4n) is 4.23. The number of hydrogen-bond donors (Lipinski definition) is 1. The molecule has 4 atom stereocenters. The summed E-state index contributed by atoms with van der Waals surface area (Å²) in [6, 6.07) is 0.331. The van der Waals surface area contributed by atoms with Gasteiger partial charge in [-0.25, -0.2) is 0 Å². The Kier molecular flexibility index (Phi) is 5.58. The van der Waals surface area contributed by atoms with E-state index in [0.29, 0.717) is 31.5 Å². The minimum Gasteiger partial charge on any atom is -0.327 e. The Bertz CT molecular complexity index is 459. The van der Waals surface area contributed by atoms with Crippen molar-refractivity contribution in [3.63, 3.8) is 0 Å². The van der Waals surface area contributed by atoms with Gasteiger partial charge in [0.2, 0.25) is 0 Å². The van der Waals surface area contributed by atoms with Crippen molar-refractivity contribution in [2.24, 2.45) is 17.6 Å². The lowest BCUT2D eigenvalue weighted by molar-refractivity contribution is 0.248. The van der Waals surface area contributed by atoms with Gasteiger partial charge in [0, 0.05) is 31.7 Å². The molecule has 3 rings (SSSR count). The summed E-state index contributed by atoms with van der Waals surface area (Å²) in [5.74, 6) is 0.854. The number of hydrogen-bond acceptors (Lipinski definition) is 3. The van der Waals surface area contributed by atoms with Crippen LogP contribution in [0, 0.1) is 11.8 Å². The molecule has 3 aliphatic rings. The summed E-state index contributed by atoms with van der Waals surface area (Å²) in [7, 11) is -3.28. The summed E-state index contributed by atoms with van der Waals surface area (Å²) >= 11 is 0. The van der Waals surface area contributed by atoms with Crippen LogP contribution >= 0.6 is 12.4 Å². The van der Waals surface area contributed by atoms with Crippen LogP contribution in [0.25, 0.3) is 0 Å². The predicted octanol–water partition coefficient (Wildman–Crippen LogP) is 1.59. The van der Waals surface area contributed by atoms with E-state index in [1.54, 1.807) is 8.61 Å². The van der Waals surface area contributed by atoms with Gasteiger partial charge in [-0.3, -0.25) is 0 Å². The van der Waals surface area contributed by atoms with Crippen molar-refractivity contribution in [2.45, 2.75) is 57.5 Å². The molecule has 0 aromatic heterocycles. The lowest BCUT2D eigenvalue weighted by Crippen LogP contribution is -2.49. The van der Waals surface area contributed by atoms with Crippen LogP contribution in [0.2, 0.25) is 0 Å². The van der Waals surface area contributed by atoms with Crippen molar-refractivity contribution in [2.75, 3.05) is 19.6 Å². The highest BCUT2D eigenvalue weighted by molar-refractivity contribution is 7.86. The first-order valence-electron chi connectivity index (χ1n) is 8.02. The van der Waals surface area contributed by atoms with E-state index in [2.05, 4.69) is 0 Å². The van der Waals surface area contributed by atoms with E-state index in [4.69, 9.17) is 5.73 Å². The van der Waals surface area contributed by atoms with Gasteiger partial charge in [-0.15, -0.1) is 12.4 Å². The zero-order valence-electron chi connectivity index (χ0n) is 12.8. The minimum absolute atomic E-state index is 0. The minimum atomic E-state index is -3.28. The number of fused-ring (bicyclic) bond motifs is 1. The van der Waals surface area contributed by atoms with Crippen molar-refractivity contribution in [3.05, 3.63) is 0 Å². The standard InChI is InChI=1S/C14H27N3O2S.ClH/c1-11-5-2-3-8-17(11)20(18,19)16-9-12-6-4-7-14(15)13(12)10-16;/h11-14H,2-10,15H2,1H3;1H. The topological polar surface area (TPSA) is 66.6 Å². The Balaban J connectivity index is 0.00000161. The Morgan fingerprint density at radius 2 is 1.81 bits per heavy atom. The second-order valence-corrected chi connectivity index (χ2v) is 8.68. The third-order valence-corrected chi connectivity index (χ3v) is 7.57. The summed E-state index contributed by atoms with van der Waals surface area (Å²) in [6.07, 6.45) is 6.46. The fourth-order valence-corrected chi connectivity index (χ4v) is 6.18. The third kappa shape index (κ3) is 3.24. The van der Waals surface area contributed by atoms with Gasteiger partial charge in [-0.05, 0) is 44.4 Å². The van der Waals surface area contributed by atoms with E-state index < -0.39 is 10.2 Å². The van der Waals surface area contributed by atoms with Crippen molar-refractivity contribution in [1.82, 2.24) is 8.61 Å². The number of nitrogens with two attached hydrogens (primary N) is 1. The summed E-state index contributed by atoms with van der Waals surface area (Å²) in [5.41, 5.74) is 6.20. The smallest absolute Gasteiger partial charge is 0.282 e. The number of rotatable bonds is 2. The van der Waals surface area contributed by atoms with E-state index in [9.17, 15) is 8.42 Å². The molecule has 7 heteroatoms. The van der Waals surface area contributed by atoms with Crippen molar-refractivity contribution >= 4 is 22.6 Å². The average molecular weight is 338 g/mol. The highest BCUT2D eigenvalue weighted by atomic mass is 35.5. The van der Waals surface area contributed by atoms with E-state index in [1.165, 1.54) is 0 Å². The Labute approximate surface area is 134 Å². The molecular formula is C14H28ClN3O2S. The summed E-state index contributed by atoms with van der Waals surface area (Å²) in [6.45, 7) is 4.04. The molecule has 0 spiro atoms. The molecule has 21 heavy (non-hydrogen) atoms. The molecule has 2 aliphatic heterocycles. The first-order valence-corrected chi connectivity index (χ1v) is 9.42. The quantitative estimate of drug-likeness (QED) is 0.832. The monoisotopic (exact) mass is 337 g/mol. The van der Waals surface area contributed by atoms with Gasteiger partial charge >= 0.3 is 0 Å². The second kappa shape index (κ2) is 6.71. The predicted molar refractivity (Wildman–Crippen MR) is 86.6 cm³/mol. The molecule has 1 aliphatic carbocycles. The zero-order valence-corrected chi connectivity index (χ0v) is 14.4. The van der Waals surface area contributed by atoms with Crippen LogP contribution in [0.3, 0.4) is 0 Å². The molecule has 4 unspecified atom stereocenters. The van der Waals surface area contributed by atoms with Gasteiger partial charge in [-0.2, -0.15) is 17.0 Å². The van der Waals surface area contributed by atoms with Gasteiger partial charge in [0.25, 0.3) is 10.2 Å². The van der Waals surface area contributed by atoms with E-state index >= 15 is 0 Å². The molecule has 2 heterocycles. The molecule has 5 nitrogen and oxygen atoms in total. The third-order valence-electron chi connectivity index (χ3n) is 5.49. The Morgan fingerprint density at radius 3 is 2.48 bits per heavy atom. The molecule has 3 fully saturated rings. The van der Waals surface area contributed by atoms with Gasteiger partial charge < -0.3 is 5.73 Å². The summed E-state index contributed by atoms with van der Waals surface area (Å²) in [5, 5.41) is 0. The first kappa shape index (κ1) is 17.5. The second-order valence-electron chi connectivity index (χ2n) is 6.80. The normalized spacial score (nSPS) is 38.8. The molecular weight excluding hydrogens is 310 g/mol. The van der Waals surface area contributed by atoms with Crippen LogP contribution in [0.15, 0.2) is 0 Å². The lowest BCUT2D eigenvalue weighted by atomic mass is 9.78. The number of halogens is 1. The molecule has 2 saturated heterocycles. The number of piperidine rings is 1. The molecule has 1 saturated carbocycles. The maximum atomic E-state index is 12.9. The Hall–Kier alpha value is 0.120. The molecule has 0 aromatic carbocycles. The van der Waals surface area contributed by atoms with Crippen molar-refractivity contribution < 1.29 is 8.42 Å². The van der Waals surface area contributed by atoms with Gasteiger partial charge in [-0.1, -0.05) is 12.8 Å². The van der Waals surface area contributed by atoms with Gasteiger partial charge in [0.15, 0.2) is 0 Å². The van der Waals surface area contributed by atoms with Gasteiger partial charge in [0.05, 0.1) is 0 Å². The zero-order chi connectivity index (χ0) is 14.3. The lowest BCUT2D eigenvalue weighted by Gasteiger charge is -2.35. The van der Waals surface area contributed by atoms with Crippen molar-refractivity contribution in [3.8, 4) is 0 Å². The SMILES string of the molecule is CC1CCCCN1S(=O)(=O)N1CC2CCCC(N)C2C1.Cl. The highest BCUT2D eigenvalue weighted by Gasteiger charge is 2.45. The van der Waals surface area contributed by atoms with Crippen LogP contribution in [0.5, 0.6) is 0 Å². The summed E-state index contributed by atoms with van der Waals surface area (Å²) in [4.78, 5) is 0. The van der Waals surface area contributed by atoms with Gasteiger partial charge in [0.1, 0.15) is 0 Å². The van der Waals surface area contributed by atoms with Crippen LogP contribution in [-0.2, 0) is 10.2 Å². The maximum absolute atomic E-state index is 12.9. The van der Waals surface area contributed by atoms with Crippen LogP contribution in [0.1, 0.15) is 45.4 Å². The average Bonchev–Trinajstić information content (AvgIpc) is 2.85. The highest BCUT2D eigenvalue weighted by Crippen LogP contribution is 2.37. The first-order chi connectivity index (χ1) is 9.50. The van der Waals surface area contributed by atoms with E-state index in [0.717, 1.165) is 38.5 Å².